The monoisotopic (exact) mass is 307 g/mol. The average Bonchev–Trinajstić information content (AvgIpc) is 2.23. The summed E-state index contributed by atoms with van der Waals surface area (Å²) in [6, 6.07) is 7.89. The van der Waals surface area contributed by atoms with E-state index in [4.69, 9.17) is 0 Å². The van der Waals surface area contributed by atoms with Crippen LogP contribution in [0.3, 0.4) is 0 Å². The van der Waals surface area contributed by atoms with Gasteiger partial charge < -0.3 is 5.32 Å². The first kappa shape index (κ1) is 13.9. The minimum Gasteiger partial charge on any atom is -0.305 e. The van der Waals surface area contributed by atoms with Crippen molar-refractivity contribution in [2.45, 2.75) is 31.5 Å². The van der Waals surface area contributed by atoms with Gasteiger partial charge in [-0.05, 0) is 44.0 Å². The van der Waals surface area contributed by atoms with Crippen LogP contribution >= 0.6 is 28.3 Å². The van der Waals surface area contributed by atoms with Crippen molar-refractivity contribution in [3.63, 3.8) is 0 Å². The molecule has 1 aromatic carbocycles. The molecule has 0 aromatic heterocycles. The molecule has 0 amide bonds. The van der Waals surface area contributed by atoms with Gasteiger partial charge in [-0.1, -0.05) is 28.1 Å². The molecule has 16 heavy (non-hydrogen) atoms. The lowest BCUT2D eigenvalue weighted by Crippen LogP contribution is -2.51. The lowest BCUT2D eigenvalue weighted by atomic mass is 9.82. The van der Waals surface area contributed by atoms with Crippen molar-refractivity contribution < 1.29 is 4.39 Å². The Bertz CT molecular complexity index is 343. The summed E-state index contributed by atoms with van der Waals surface area (Å²) in [5, 5.41) is 3.29. The summed E-state index contributed by atoms with van der Waals surface area (Å²) in [5.74, 6) is 0. The molecule has 0 aliphatic carbocycles. The Morgan fingerprint density at radius 2 is 2.00 bits per heavy atom. The van der Waals surface area contributed by atoms with Crippen LogP contribution in [0.4, 0.5) is 4.39 Å². The highest BCUT2D eigenvalue weighted by Crippen LogP contribution is 2.33. The third-order valence-corrected chi connectivity index (χ3v) is 3.73. The van der Waals surface area contributed by atoms with Gasteiger partial charge in [-0.3, -0.25) is 0 Å². The number of hydrogen-bond acceptors (Lipinski definition) is 1. The molecule has 1 N–H and O–H groups in total. The van der Waals surface area contributed by atoms with Crippen molar-refractivity contribution in [3.05, 3.63) is 34.3 Å². The van der Waals surface area contributed by atoms with Crippen LogP contribution in [0.2, 0.25) is 0 Å². The van der Waals surface area contributed by atoms with Gasteiger partial charge in [-0.25, -0.2) is 4.39 Å². The molecule has 2 atom stereocenters. The quantitative estimate of drug-likeness (QED) is 0.832. The van der Waals surface area contributed by atoms with Crippen LogP contribution in [0.15, 0.2) is 28.7 Å². The van der Waals surface area contributed by atoms with Crippen molar-refractivity contribution in [2.24, 2.45) is 0 Å². The number of halogens is 3. The molecule has 2 rings (SSSR count). The maximum atomic E-state index is 13.9. The van der Waals surface area contributed by atoms with Gasteiger partial charge in [0.1, 0.15) is 6.17 Å². The maximum absolute atomic E-state index is 13.9. The Hall–Kier alpha value is -0.120. The molecular weight excluding hydrogens is 292 g/mol. The Morgan fingerprint density at radius 1 is 1.38 bits per heavy atom. The summed E-state index contributed by atoms with van der Waals surface area (Å²) < 4.78 is 15.0. The third kappa shape index (κ3) is 2.58. The van der Waals surface area contributed by atoms with E-state index in [1.54, 1.807) is 0 Å². The van der Waals surface area contributed by atoms with E-state index in [0.717, 1.165) is 23.0 Å². The fourth-order valence-corrected chi connectivity index (χ4v) is 2.37. The van der Waals surface area contributed by atoms with Crippen molar-refractivity contribution in [3.8, 4) is 0 Å². The fraction of sp³-hybridized carbons (Fsp3) is 0.500. The molecule has 0 bridgehead atoms. The van der Waals surface area contributed by atoms with E-state index in [0.29, 0.717) is 6.42 Å². The van der Waals surface area contributed by atoms with E-state index in [9.17, 15) is 4.39 Å². The molecule has 1 aromatic rings. The normalized spacial score (nSPS) is 29.6. The number of rotatable bonds is 1. The van der Waals surface area contributed by atoms with Gasteiger partial charge in [0.2, 0.25) is 0 Å². The molecule has 1 heterocycles. The summed E-state index contributed by atoms with van der Waals surface area (Å²) in [6.07, 6.45) is 0.778. The molecule has 1 nitrogen and oxygen atoms in total. The summed E-state index contributed by atoms with van der Waals surface area (Å²) >= 11 is 3.39. The number of piperidine rings is 1. The predicted octanol–water partition coefficient (Wildman–Crippen LogP) is 3.81. The summed E-state index contributed by atoms with van der Waals surface area (Å²) in [6.45, 7) is 2.84. The fourth-order valence-electron chi connectivity index (χ4n) is 2.11. The zero-order valence-electron chi connectivity index (χ0n) is 9.17. The van der Waals surface area contributed by atoms with Crippen LogP contribution in [0.25, 0.3) is 0 Å². The van der Waals surface area contributed by atoms with Crippen LogP contribution in [-0.4, -0.2) is 12.7 Å². The molecule has 0 spiro atoms. The minimum absolute atomic E-state index is 0. The number of hydrogen-bond donors (Lipinski definition) is 1. The topological polar surface area (TPSA) is 12.0 Å². The Morgan fingerprint density at radius 3 is 2.56 bits per heavy atom. The molecule has 2 unspecified atom stereocenters. The minimum atomic E-state index is -0.799. The second-order valence-corrected chi connectivity index (χ2v) is 5.16. The van der Waals surface area contributed by atoms with Crippen molar-refractivity contribution in [1.29, 1.82) is 0 Å². The van der Waals surface area contributed by atoms with Crippen LogP contribution in [0, 0.1) is 0 Å². The number of nitrogens with one attached hydrogen (secondary N) is 1. The summed E-state index contributed by atoms with van der Waals surface area (Å²) in [5.41, 5.74) is 0.511. The van der Waals surface area contributed by atoms with Gasteiger partial charge in [-0.2, -0.15) is 0 Å². The third-order valence-electron chi connectivity index (χ3n) is 3.20. The second-order valence-electron chi connectivity index (χ2n) is 4.25. The van der Waals surface area contributed by atoms with Gasteiger partial charge in [0, 0.05) is 4.47 Å². The first-order valence-electron chi connectivity index (χ1n) is 5.28. The van der Waals surface area contributed by atoms with Crippen LogP contribution in [0.5, 0.6) is 0 Å². The van der Waals surface area contributed by atoms with Gasteiger partial charge in [0.05, 0.1) is 5.54 Å². The maximum Gasteiger partial charge on any atom is 0.122 e. The van der Waals surface area contributed by atoms with Crippen molar-refractivity contribution >= 4 is 28.3 Å². The summed E-state index contributed by atoms with van der Waals surface area (Å²) in [4.78, 5) is 0. The molecule has 4 heteroatoms. The Kier molecular flexibility index (Phi) is 4.77. The van der Waals surface area contributed by atoms with E-state index in [1.165, 1.54) is 0 Å². The Balaban J connectivity index is 0.00000128. The molecule has 0 radical (unpaired) electrons. The number of benzene rings is 1. The SMILES string of the molecule is CC1(c2ccc(Br)cc2)NCCCC1F.Cl. The van der Waals surface area contributed by atoms with E-state index in [2.05, 4.69) is 21.2 Å². The highest BCUT2D eigenvalue weighted by Gasteiger charge is 2.37. The molecule has 1 aliphatic heterocycles. The smallest absolute Gasteiger partial charge is 0.122 e. The first-order valence-corrected chi connectivity index (χ1v) is 6.07. The van der Waals surface area contributed by atoms with Gasteiger partial charge in [-0.15, -0.1) is 12.4 Å². The zero-order chi connectivity index (χ0) is 10.9. The zero-order valence-corrected chi connectivity index (χ0v) is 11.6. The van der Waals surface area contributed by atoms with Crippen molar-refractivity contribution in [1.82, 2.24) is 5.32 Å². The van der Waals surface area contributed by atoms with Crippen LogP contribution < -0.4 is 5.32 Å². The van der Waals surface area contributed by atoms with E-state index in [1.807, 2.05) is 31.2 Å². The highest BCUT2D eigenvalue weighted by molar-refractivity contribution is 9.10. The highest BCUT2D eigenvalue weighted by atomic mass is 79.9. The van der Waals surface area contributed by atoms with Gasteiger partial charge in [0.25, 0.3) is 0 Å². The Labute approximate surface area is 110 Å². The lowest BCUT2D eigenvalue weighted by molar-refractivity contribution is 0.121. The summed E-state index contributed by atoms with van der Waals surface area (Å²) in [7, 11) is 0. The first-order chi connectivity index (χ1) is 7.13. The van der Waals surface area contributed by atoms with Crippen molar-refractivity contribution in [2.75, 3.05) is 6.54 Å². The number of alkyl halides is 1. The standard InChI is InChI=1S/C12H15BrFN.ClH/c1-12(11(14)3-2-8-15-12)9-4-6-10(13)7-5-9;/h4-7,11,15H,2-3,8H2,1H3;1H. The van der Waals surface area contributed by atoms with E-state index < -0.39 is 11.7 Å². The molecular formula is C12H16BrClFN. The molecule has 1 fully saturated rings. The second kappa shape index (κ2) is 5.48. The van der Waals surface area contributed by atoms with Crippen LogP contribution in [0.1, 0.15) is 25.3 Å². The van der Waals surface area contributed by atoms with Crippen LogP contribution in [-0.2, 0) is 5.54 Å². The molecule has 1 aliphatic rings. The van der Waals surface area contributed by atoms with Gasteiger partial charge in [0.15, 0.2) is 0 Å². The van der Waals surface area contributed by atoms with E-state index >= 15 is 0 Å². The predicted molar refractivity (Wildman–Crippen MR) is 70.9 cm³/mol. The largest absolute Gasteiger partial charge is 0.305 e. The van der Waals surface area contributed by atoms with Gasteiger partial charge >= 0.3 is 0 Å². The molecule has 1 saturated heterocycles. The lowest BCUT2D eigenvalue weighted by Gasteiger charge is -2.38. The average molecular weight is 309 g/mol. The molecule has 90 valence electrons. The molecule has 0 saturated carbocycles. The van der Waals surface area contributed by atoms with E-state index in [-0.39, 0.29) is 12.4 Å².